The highest BCUT2D eigenvalue weighted by Gasteiger charge is 2.63. The van der Waals surface area contributed by atoms with E-state index >= 15 is 0 Å². The highest BCUT2D eigenvalue weighted by atomic mass is 16.5. The van der Waals surface area contributed by atoms with E-state index in [-0.39, 0.29) is 35.9 Å². The lowest BCUT2D eigenvalue weighted by Gasteiger charge is -2.15. The molecular weight excluding hydrogens is 318 g/mol. The predicted molar refractivity (Wildman–Crippen MR) is 89.9 cm³/mol. The van der Waals surface area contributed by atoms with Gasteiger partial charge >= 0.3 is 0 Å². The topological polar surface area (TPSA) is 64.4 Å². The van der Waals surface area contributed by atoms with Crippen LogP contribution in [-0.4, -0.2) is 33.8 Å². The number of fused-ring (bicyclic) bond motifs is 5. The van der Waals surface area contributed by atoms with Crippen LogP contribution in [0.25, 0.3) is 0 Å². The van der Waals surface area contributed by atoms with Crippen molar-refractivity contribution >= 4 is 17.6 Å². The van der Waals surface area contributed by atoms with E-state index in [1.165, 1.54) is 10.5 Å². The molecule has 0 spiro atoms. The number of aromatic nitrogens is 2. The molecule has 3 aliphatic heterocycles. The Labute approximate surface area is 145 Å². The highest BCUT2D eigenvalue weighted by molar-refractivity contribution is 6.22. The van der Waals surface area contributed by atoms with E-state index in [0.29, 0.717) is 12.4 Å². The molecule has 3 saturated heterocycles. The van der Waals surface area contributed by atoms with Gasteiger partial charge in [-0.3, -0.25) is 14.3 Å². The molecule has 1 aromatic heterocycles. The summed E-state index contributed by atoms with van der Waals surface area (Å²) in [6.07, 6.45) is 3.38. The van der Waals surface area contributed by atoms with Gasteiger partial charge in [0.1, 0.15) is 0 Å². The molecule has 3 fully saturated rings. The van der Waals surface area contributed by atoms with Crippen molar-refractivity contribution in [3.63, 3.8) is 0 Å². The SMILES string of the molecule is Cc1ccc(Cn2ccc(N3C(=O)[C@@H]4[C@H](C3=O)[C@@H]3CC[C@@H]4O3)n2)cc1. The van der Waals surface area contributed by atoms with Crippen molar-refractivity contribution in [1.82, 2.24) is 9.78 Å². The lowest BCUT2D eigenvalue weighted by Crippen LogP contribution is -2.34. The molecule has 3 aliphatic rings. The Hall–Kier alpha value is -2.47. The summed E-state index contributed by atoms with van der Waals surface area (Å²) in [6.45, 7) is 2.66. The van der Waals surface area contributed by atoms with Crippen molar-refractivity contribution < 1.29 is 14.3 Å². The molecule has 0 unspecified atom stereocenters. The Bertz CT molecular complexity index is 829. The third-order valence-corrected chi connectivity index (χ3v) is 5.61. The van der Waals surface area contributed by atoms with E-state index in [1.807, 2.05) is 13.1 Å². The van der Waals surface area contributed by atoms with Crippen LogP contribution in [-0.2, 0) is 20.9 Å². The summed E-state index contributed by atoms with van der Waals surface area (Å²) in [4.78, 5) is 26.8. The Morgan fingerprint density at radius 1 is 1.04 bits per heavy atom. The molecule has 0 radical (unpaired) electrons. The second-order valence-electron chi connectivity index (χ2n) is 7.21. The quantitative estimate of drug-likeness (QED) is 0.803. The number of benzene rings is 1. The van der Waals surface area contributed by atoms with Gasteiger partial charge in [0, 0.05) is 12.3 Å². The first kappa shape index (κ1) is 14.8. The summed E-state index contributed by atoms with van der Waals surface area (Å²) in [7, 11) is 0. The molecule has 5 rings (SSSR count). The zero-order chi connectivity index (χ0) is 17.1. The number of ether oxygens (including phenoxy) is 1. The number of anilines is 1. The molecule has 0 N–H and O–H groups in total. The number of aryl methyl sites for hydroxylation is 1. The lowest BCUT2D eigenvalue weighted by atomic mass is 9.81. The van der Waals surface area contributed by atoms with Crippen molar-refractivity contribution in [1.29, 1.82) is 0 Å². The van der Waals surface area contributed by atoms with Gasteiger partial charge in [0.05, 0.1) is 30.6 Å². The number of hydrogen-bond donors (Lipinski definition) is 0. The summed E-state index contributed by atoms with van der Waals surface area (Å²) >= 11 is 0. The van der Waals surface area contributed by atoms with Gasteiger partial charge in [0.15, 0.2) is 5.82 Å². The average Bonchev–Trinajstić information content (AvgIpc) is 3.35. The number of amides is 2. The molecule has 4 heterocycles. The molecule has 2 amide bonds. The largest absolute Gasteiger partial charge is 0.373 e. The summed E-state index contributed by atoms with van der Waals surface area (Å²) in [5, 5.41) is 4.47. The van der Waals surface area contributed by atoms with Crippen LogP contribution >= 0.6 is 0 Å². The minimum Gasteiger partial charge on any atom is -0.373 e. The van der Waals surface area contributed by atoms with Gasteiger partial charge in [-0.2, -0.15) is 5.10 Å². The van der Waals surface area contributed by atoms with E-state index in [9.17, 15) is 9.59 Å². The van der Waals surface area contributed by atoms with Crippen molar-refractivity contribution in [2.45, 2.75) is 38.5 Å². The number of imide groups is 1. The van der Waals surface area contributed by atoms with Gasteiger partial charge in [-0.25, -0.2) is 4.90 Å². The maximum atomic E-state index is 12.8. The molecule has 2 aromatic rings. The molecule has 25 heavy (non-hydrogen) atoms. The number of carbonyl (C=O) groups is 2. The Balaban J connectivity index is 1.39. The third-order valence-electron chi connectivity index (χ3n) is 5.61. The van der Waals surface area contributed by atoms with Crippen LogP contribution in [0.2, 0.25) is 0 Å². The van der Waals surface area contributed by atoms with Crippen molar-refractivity contribution in [2.75, 3.05) is 4.90 Å². The Morgan fingerprint density at radius 2 is 1.68 bits per heavy atom. The number of rotatable bonds is 3. The first-order valence-corrected chi connectivity index (χ1v) is 8.74. The van der Waals surface area contributed by atoms with Crippen LogP contribution < -0.4 is 4.90 Å². The lowest BCUT2D eigenvalue weighted by molar-refractivity contribution is -0.124. The van der Waals surface area contributed by atoms with Crippen LogP contribution in [0, 0.1) is 18.8 Å². The molecule has 1 aromatic carbocycles. The summed E-state index contributed by atoms with van der Waals surface area (Å²) in [5.41, 5.74) is 2.34. The maximum absolute atomic E-state index is 12.8. The third kappa shape index (κ3) is 2.17. The molecule has 6 nitrogen and oxygen atoms in total. The van der Waals surface area contributed by atoms with Crippen LogP contribution in [0.4, 0.5) is 5.82 Å². The summed E-state index contributed by atoms with van der Waals surface area (Å²) in [6, 6.07) is 9.98. The zero-order valence-electron chi connectivity index (χ0n) is 14.0. The minimum atomic E-state index is -0.312. The Kier molecular flexibility index (Phi) is 3.12. The van der Waals surface area contributed by atoms with Gasteiger partial charge < -0.3 is 4.74 Å². The highest BCUT2D eigenvalue weighted by Crippen LogP contribution is 2.49. The summed E-state index contributed by atoms with van der Waals surface area (Å²) in [5.74, 6) is -0.497. The molecule has 2 bridgehead atoms. The van der Waals surface area contributed by atoms with Gasteiger partial charge in [-0.1, -0.05) is 29.8 Å². The fourth-order valence-electron chi connectivity index (χ4n) is 4.38. The van der Waals surface area contributed by atoms with E-state index < -0.39 is 0 Å². The maximum Gasteiger partial charge on any atom is 0.241 e. The normalized spacial score (nSPS) is 30.4. The fraction of sp³-hybridized carbons (Fsp3) is 0.421. The monoisotopic (exact) mass is 337 g/mol. The van der Waals surface area contributed by atoms with E-state index in [4.69, 9.17) is 4.74 Å². The predicted octanol–water partition coefficient (Wildman–Crippen LogP) is 1.91. The van der Waals surface area contributed by atoms with Gasteiger partial charge in [0.25, 0.3) is 0 Å². The smallest absolute Gasteiger partial charge is 0.241 e. The van der Waals surface area contributed by atoms with Crippen LogP contribution in [0.1, 0.15) is 24.0 Å². The molecule has 0 aliphatic carbocycles. The van der Waals surface area contributed by atoms with Crippen LogP contribution in [0.5, 0.6) is 0 Å². The van der Waals surface area contributed by atoms with Crippen LogP contribution in [0.15, 0.2) is 36.5 Å². The zero-order valence-corrected chi connectivity index (χ0v) is 14.0. The second kappa shape index (κ2) is 5.26. The van der Waals surface area contributed by atoms with Crippen molar-refractivity contribution in [3.05, 3.63) is 47.7 Å². The van der Waals surface area contributed by atoms with Crippen molar-refractivity contribution in [2.24, 2.45) is 11.8 Å². The average molecular weight is 337 g/mol. The van der Waals surface area contributed by atoms with Gasteiger partial charge in [-0.15, -0.1) is 0 Å². The summed E-state index contributed by atoms with van der Waals surface area (Å²) < 4.78 is 7.53. The molecule has 0 saturated carbocycles. The minimum absolute atomic E-state index is 0.0916. The first-order chi connectivity index (χ1) is 12.1. The molecule has 128 valence electrons. The molecule has 6 heteroatoms. The molecular formula is C19H19N3O3. The van der Waals surface area contributed by atoms with E-state index in [2.05, 4.69) is 29.4 Å². The number of carbonyl (C=O) groups excluding carboxylic acids is 2. The van der Waals surface area contributed by atoms with Crippen molar-refractivity contribution in [3.8, 4) is 0 Å². The standard InChI is InChI=1S/C19H19N3O3/c1-11-2-4-12(5-3-11)10-21-9-8-15(20-21)22-18(23)16-13-6-7-14(25-13)17(16)19(22)24/h2-5,8-9,13-14,16-17H,6-7,10H2,1H3/t13-,14-,16-,17+/m0/s1. The second-order valence-corrected chi connectivity index (χ2v) is 7.21. The Morgan fingerprint density at radius 3 is 2.32 bits per heavy atom. The number of hydrogen-bond acceptors (Lipinski definition) is 4. The van der Waals surface area contributed by atoms with Gasteiger partial charge in [-0.05, 0) is 25.3 Å². The fourth-order valence-corrected chi connectivity index (χ4v) is 4.38. The van der Waals surface area contributed by atoms with Gasteiger partial charge in [0.2, 0.25) is 11.8 Å². The van der Waals surface area contributed by atoms with Crippen LogP contribution in [0.3, 0.4) is 0 Å². The molecule has 4 atom stereocenters. The number of nitrogens with zero attached hydrogens (tertiary/aromatic N) is 3. The first-order valence-electron chi connectivity index (χ1n) is 8.74. The van der Waals surface area contributed by atoms with E-state index in [0.717, 1.165) is 18.4 Å². The van der Waals surface area contributed by atoms with E-state index in [1.54, 1.807) is 10.7 Å².